The smallest absolute Gasteiger partial charge is 0.0955 e. The molecule has 0 aliphatic heterocycles. The Bertz CT molecular complexity index is 547. The van der Waals surface area contributed by atoms with E-state index in [9.17, 15) is 5.11 Å². The van der Waals surface area contributed by atoms with Crippen molar-refractivity contribution in [3.8, 4) is 0 Å². The average Bonchev–Trinajstić information content (AvgIpc) is 2.42. The number of hydrogen-bond donors (Lipinski definition) is 2. The molecule has 0 bridgehead atoms. The summed E-state index contributed by atoms with van der Waals surface area (Å²) in [5, 5.41) is 10.9. The van der Waals surface area contributed by atoms with E-state index in [2.05, 4.69) is 15.9 Å². The lowest BCUT2D eigenvalue weighted by atomic mass is 9.97. The van der Waals surface area contributed by atoms with Gasteiger partial charge in [-0.2, -0.15) is 0 Å². The van der Waals surface area contributed by atoms with Crippen LogP contribution in [0.15, 0.2) is 53.0 Å². The highest BCUT2D eigenvalue weighted by Gasteiger charge is 2.19. The van der Waals surface area contributed by atoms with Crippen molar-refractivity contribution in [1.29, 1.82) is 0 Å². The van der Waals surface area contributed by atoms with Gasteiger partial charge < -0.3 is 10.8 Å². The maximum atomic E-state index is 10.3. The second kappa shape index (κ2) is 6.53. The van der Waals surface area contributed by atoms with E-state index >= 15 is 0 Å². The van der Waals surface area contributed by atoms with Gasteiger partial charge in [0.1, 0.15) is 0 Å². The molecule has 0 saturated carbocycles. The number of aliphatic hydroxyl groups excluding tert-OH is 1. The topological polar surface area (TPSA) is 46.2 Å². The minimum atomic E-state index is -0.756. The third kappa shape index (κ3) is 3.80. The Morgan fingerprint density at radius 2 is 1.84 bits per heavy atom. The molecule has 2 nitrogen and oxygen atoms in total. The maximum absolute atomic E-state index is 10.3. The van der Waals surface area contributed by atoms with E-state index in [4.69, 9.17) is 17.3 Å². The van der Waals surface area contributed by atoms with Gasteiger partial charge in [0.05, 0.1) is 6.10 Å². The first-order valence-corrected chi connectivity index (χ1v) is 7.17. The van der Waals surface area contributed by atoms with Crippen LogP contribution >= 0.6 is 27.5 Å². The number of halogens is 2. The first kappa shape index (κ1) is 14.5. The van der Waals surface area contributed by atoms with Crippen LogP contribution in [0, 0.1) is 0 Å². The van der Waals surface area contributed by atoms with Gasteiger partial charge in [-0.3, -0.25) is 0 Å². The third-order valence-electron chi connectivity index (χ3n) is 3.00. The van der Waals surface area contributed by atoms with E-state index in [0.29, 0.717) is 11.4 Å². The Morgan fingerprint density at radius 3 is 2.53 bits per heavy atom. The molecule has 0 spiro atoms. The minimum absolute atomic E-state index is 0.378. The number of benzene rings is 2. The van der Waals surface area contributed by atoms with Crippen LogP contribution in [0.5, 0.6) is 0 Å². The summed E-state index contributed by atoms with van der Waals surface area (Å²) in [5.74, 6) is 0. The molecule has 0 aromatic heterocycles. The van der Waals surface area contributed by atoms with Crippen molar-refractivity contribution in [2.45, 2.75) is 18.6 Å². The summed E-state index contributed by atoms with van der Waals surface area (Å²) in [4.78, 5) is 0. The molecular weight excluding hydrogens is 326 g/mol. The summed E-state index contributed by atoms with van der Waals surface area (Å²) in [6.07, 6.45) is -0.144. The van der Waals surface area contributed by atoms with Gasteiger partial charge in [0, 0.05) is 15.5 Å². The van der Waals surface area contributed by atoms with Crippen LogP contribution in [0.3, 0.4) is 0 Å². The third-order valence-corrected chi connectivity index (χ3v) is 3.95. The quantitative estimate of drug-likeness (QED) is 0.891. The SMILES string of the molecule is NC(Cc1ccccc1)C(O)c1cc(Cl)ccc1Br. The number of hydrogen-bond acceptors (Lipinski definition) is 2. The van der Waals surface area contributed by atoms with Crippen molar-refractivity contribution < 1.29 is 5.11 Å². The van der Waals surface area contributed by atoms with E-state index in [0.717, 1.165) is 15.6 Å². The Labute approximate surface area is 126 Å². The minimum Gasteiger partial charge on any atom is -0.387 e. The summed E-state index contributed by atoms with van der Waals surface area (Å²) in [7, 11) is 0. The van der Waals surface area contributed by atoms with Crippen LogP contribution in [0.25, 0.3) is 0 Å². The summed E-state index contributed by atoms with van der Waals surface area (Å²) < 4.78 is 0.813. The lowest BCUT2D eigenvalue weighted by Crippen LogP contribution is -2.30. The largest absolute Gasteiger partial charge is 0.387 e. The molecule has 0 radical (unpaired) electrons. The highest BCUT2D eigenvalue weighted by molar-refractivity contribution is 9.10. The van der Waals surface area contributed by atoms with Gasteiger partial charge in [-0.15, -0.1) is 0 Å². The molecule has 2 atom stereocenters. The van der Waals surface area contributed by atoms with E-state index in [1.807, 2.05) is 36.4 Å². The fourth-order valence-corrected chi connectivity index (χ4v) is 2.63. The van der Waals surface area contributed by atoms with E-state index in [1.165, 1.54) is 0 Å². The van der Waals surface area contributed by atoms with Crippen molar-refractivity contribution in [2.75, 3.05) is 0 Å². The van der Waals surface area contributed by atoms with Crippen molar-refractivity contribution >= 4 is 27.5 Å². The molecule has 0 saturated heterocycles. The average molecular weight is 341 g/mol. The van der Waals surface area contributed by atoms with Crippen molar-refractivity contribution in [3.05, 3.63) is 69.2 Å². The molecule has 19 heavy (non-hydrogen) atoms. The molecule has 2 aromatic rings. The monoisotopic (exact) mass is 339 g/mol. The fraction of sp³-hybridized carbons (Fsp3) is 0.200. The first-order valence-electron chi connectivity index (χ1n) is 6.00. The Balaban J connectivity index is 2.14. The molecule has 3 N–H and O–H groups in total. The molecule has 2 rings (SSSR count). The van der Waals surface area contributed by atoms with Crippen LogP contribution in [-0.2, 0) is 6.42 Å². The summed E-state index contributed by atoms with van der Waals surface area (Å²) in [5.41, 5.74) is 7.91. The van der Waals surface area contributed by atoms with E-state index in [1.54, 1.807) is 12.1 Å². The van der Waals surface area contributed by atoms with Crippen LogP contribution in [0.4, 0.5) is 0 Å². The maximum Gasteiger partial charge on any atom is 0.0955 e. The standard InChI is InChI=1S/C15H15BrClNO/c16-13-7-6-11(17)9-12(13)15(19)14(18)8-10-4-2-1-3-5-10/h1-7,9,14-15,19H,8,18H2. The lowest BCUT2D eigenvalue weighted by Gasteiger charge is -2.20. The molecule has 0 aliphatic rings. The number of rotatable bonds is 4. The molecule has 0 amide bonds. The van der Waals surface area contributed by atoms with Gasteiger partial charge in [0.15, 0.2) is 0 Å². The van der Waals surface area contributed by atoms with Gasteiger partial charge in [0.2, 0.25) is 0 Å². The molecular formula is C15H15BrClNO. The fourth-order valence-electron chi connectivity index (χ4n) is 1.97. The van der Waals surface area contributed by atoms with Crippen LogP contribution < -0.4 is 5.73 Å². The molecule has 2 aromatic carbocycles. The Morgan fingerprint density at radius 1 is 1.16 bits per heavy atom. The molecule has 0 fully saturated rings. The molecule has 0 heterocycles. The van der Waals surface area contributed by atoms with Gasteiger partial charge in [-0.25, -0.2) is 0 Å². The van der Waals surface area contributed by atoms with Crippen LogP contribution in [0.2, 0.25) is 5.02 Å². The van der Waals surface area contributed by atoms with E-state index in [-0.39, 0.29) is 6.04 Å². The van der Waals surface area contributed by atoms with Crippen LogP contribution in [0.1, 0.15) is 17.2 Å². The molecule has 0 aliphatic carbocycles. The van der Waals surface area contributed by atoms with Gasteiger partial charge in [-0.1, -0.05) is 57.9 Å². The van der Waals surface area contributed by atoms with Crippen molar-refractivity contribution in [3.63, 3.8) is 0 Å². The second-order valence-electron chi connectivity index (χ2n) is 4.46. The zero-order valence-electron chi connectivity index (χ0n) is 10.3. The predicted molar refractivity (Wildman–Crippen MR) is 82.2 cm³/mol. The lowest BCUT2D eigenvalue weighted by molar-refractivity contribution is 0.145. The molecule has 100 valence electrons. The number of aliphatic hydroxyl groups is 1. The van der Waals surface area contributed by atoms with Crippen LogP contribution in [-0.4, -0.2) is 11.1 Å². The zero-order chi connectivity index (χ0) is 13.8. The molecule has 2 unspecified atom stereocenters. The summed E-state index contributed by atoms with van der Waals surface area (Å²) >= 11 is 9.36. The van der Waals surface area contributed by atoms with Gasteiger partial charge in [0.25, 0.3) is 0 Å². The first-order chi connectivity index (χ1) is 9.08. The van der Waals surface area contributed by atoms with Crippen molar-refractivity contribution in [1.82, 2.24) is 0 Å². The van der Waals surface area contributed by atoms with Gasteiger partial charge >= 0.3 is 0 Å². The van der Waals surface area contributed by atoms with E-state index < -0.39 is 6.10 Å². The highest BCUT2D eigenvalue weighted by Crippen LogP contribution is 2.28. The summed E-state index contributed by atoms with van der Waals surface area (Å²) in [6.45, 7) is 0. The van der Waals surface area contributed by atoms with Crippen molar-refractivity contribution in [2.24, 2.45) is 5.73 Å². The second-order valence-corrected chi connectivity index (χ2v) is 5.76. The zero-order valence-corrected chi connectivity index (χ0v) is 12.6. The normalized spacial score (nSPS) is 14.1. The Kier molecular flexibility index (Phi) is 4.99. The predicted octanol–water partition coefficient (Wildman–Crippen LogP) is 3.71. The highest BCUT2D eigenvalue weighted by atomic mass is 79.9. The number of nitrogens with two attached hydrogens (primary N) is 1. The summed E-state index contributed by atoms with van der Waals surface area (Å²) in [6, 6.07) is 14.8. The Hall–Kier alpha value is -0.870. The van der Waals surface area contributed by atoms with Gasteiger partial charge in [-0.05, 0) is 35.7 Å². The molecule has 4 heteroatoms.